The van der Waals surface area contributed by atoms with Gasteiger partial charge in [0.05, 0.1) is 0 Å². The third-order valence-corrected chi connectivity index (χ3v) is 6.45. The zero-order chi connectivity index (χ0) is 14.8. The monoisotopic (exact) mass is 316 g/mol. The first-order chi connectivity index (χ1) is 9.45. The van der Waals surface area contributed by atoms with Gasteiger partial charge >= 0.3 is 0 Å². The van der Waals surface area contributed by atoms with Gasteiger partial charge in [-0.15, -0.1) is 0 Å². The normalized spacial score (nSPS) is 19.9. The van der Waals surface area contributed by atoms with Crippen molar-refractivity contribution in [1.82, 2.24) is 9.88 Å². The molecule has 110 valence electrons. The van der Waals surface area contributed by atoms with Crippen LogP contribution >= 0.6 is 11.8 Å². The summed E-state index contributed by atoms with van der Waals surface area (Å²) in [7, 11) is -3.34. The van der Waals surface area contributed by atoms with Crippen LogP contribution in [0.3, 0.4) is 0 Å². The fourth-order valence-corrected chi connectivity index (χ4v) is 5.00. The standard InChI is InChI=1S/C12H16N2O4S2/c1-2-20(17,18)11-8-19-7-6-14(11)12(16)9-4-3-5-10(15)13-9/h3-5,11H,2,6-8H2,1H3,(H,13,15). The lowest BCUT2D eigenvalue weighted by Crippen LogP contribution is -2.51. The summed E-state index contributed by atoms with van der Waals surface area (Å²) >= 11 is 1.52. The molecule has 1 fully saturated rings. The van der Waals surface area contributed by atoms with Gasteiger partial charge in [0.2, 0.25) is 5.56 Å². The summed E-state index contributed by atoms with van der Waals surface area (Å²) < 4.78 is 24.2. The van der Waals surface area contributed by atoms with Crippen LogP contribution in [-0.4, -0.2) is 53.4 Å². The van der Waals surface area contributed by atoms with E-state index in [1.807, 2.05) is 0 Å². The highest BCUT2D eigenvalue weighted by atomic mass is 32.2. The van der Waals surface area contributed by atoms with Gasteiger partial charge in [-0.2, -0.15) is 11.8 Å². The molecule has 0 saturated carbocycles. The van der Waals surface area contributed by atoms with Gasteiger partial charge in [0.15, 0.2) is 9.84 Å². The molecule has 1 aliphatic rings. The molecule has 8 heteroatoms. The van der Waals surface area contributed by atoms with Crippen LogP contribution in [0.5, 0.6) is 0 Å². The molecule has 1 N–H and O–H groups in total. The summed E-state index contributed by atoms with van der Waals surface area (Å²) in [5.41, 5.74) is -0.252. The molecule has 0 radical (unpaired) electrons. The summed E-state index contributed by atoms with van der Waals surface area (Å²) in [6, 6.07) is 4.28. The van der Waals surface area contributed by atoms with Crippen molar-refractivity contribution >= 4 is 27.5 Å². The number of hydrogen-bond donors (Lipinski definition) is 1. The molecule has 1 aromatic rings. The van der Waals surface area contributed by atoms with Crippen LogP contribution in [0.25, 0.3) is 0 Å². The minimum atomic E-state index is -3.34. The number of carbonyl (C=O) groups is 1. The first-order valence-corrected chi connectivity index (χ1v) is 9.12. The molecule has 0 aliphatic carbocycles. The lowest BCUT2D eigenvalue weighted by molar-refractivity contribution is 0.0743. The fraction of sp³-hybridized carbons (Fsp3) is 0.500. The molecule has 0 spiro atoms. The lowest BCUT2D eigenvalue weighted by Gasteiger charge is -2.34. The Labute approximate surface area is 121 Å². The zero-order valence-electron chi connectivity index (χ0n) is 11.0. The first-order valence-electron chi connectivity index (χ1n) is 6.25. The Morgan fingerprint density at radius 3 is 2.90 bits per heavy atom. The van der Waals surface area contributed by atoms with E-state index in [9.17, 15) is 18.0 Å². The maximum absolute atomic E-state index is 12.4. The largest absolute Gasteiger partial charge is 0.319 e. The van der Waals surface area contributed by atoms with E-state index in [-0.39, 0.29) is 17.0 Å². The van der Waals surface area contributed by atoms with Gasteiger partial charge in [-0.25, -0.2) is 8.42 Å². The van der Waals surface area contributed by atoms with Crippen molar-refractivity contribution in [2.24, 2.45) is 0 Å². The summed E-state index contributed by atoms with van der Waals surface area (Å²) in [5.74, 6) is 0.621. The number of thioether (sulfide) groups is 1. The van der Waals surface area contributed by atoms with Crippen molar-refractivity contribution < 1.29 is 13.2 Å². The lowest BCUT2D eigenvalue weighted by atomic mass is 10.3. The maximum atomic E-state index is 12.4. The molecule has 2 rings (SSSR count). The highest BCUT2D eigenvalue weighted by molar-refractivity contribution is 8.01. The number of amides is 1. The number of H-pyrrole nitrogens is 1. The highest BCUT2D eigenvalue weighted by Crippen LogP contribution is 2.22. The second-order valence-electron chi connectivity index (χ2n) is 4.41. The number of aromatic nitrogens is 1. The average Bonchev–Trinajstić information content (AvgIpc) is 2.46. The summed E-state index contributed by atoms with van der Waals surface area (Å²) in [5, 5.41) is -0.817. The predicted molar refractivity (Wildman–Crippen MR) is 78.7 cm³/mol. The Bertz CT molecular complexity index is 653. The van der Waals surface area contributed by atoms with Crippen LogP contribution < -0.4 is 5.56 Å². The van der Waals surface area contributed by atoms with Crippen LogP contribution in [-0.2, 0) is 9.84 Å². The van der Waals surface area contributed by atoms with Gasteiger partial charge in [-0.05, 0) is 6.07 Å². The van der Waals surface area contributed by atoms with E-state index in [4.69, 9.17) is 0 Å². The van der Waals surface area contributed by atoms with Crippen LogP contribution in [0.1, 0.15) is 17.4 Å². The summed E-state index contributed by atoms with van der Waals surface area (Å²) in [6.07, 6.45) is 0. The third-order valence-electron chi connectivity index (χ3n) is 3.16. The number of nitrogens with one attached hydrogen (secondary N) is 1. The smallest absolute Gasteiger partial charge is 0.271 e. The number of pyridine rings is 1. The first kappa shape index (κ1) is 15.1. The van der Waals surface area contributed by atoms with Crippen molar-refractivity contribution in [3.05, 3.63) is 34.2 Å². The molecule has 1 amide bonds. The molecule has 2 heterocycles. The number of nitrogens with zero attached hydrogens (tertiary/aromatic N) is 1. The van der Waals surface area contributed by atoms with Gasteiger partial charge in [-0.3, -0.25) is 9.59 Å². The Balaban J connectivity index is 2.33. The minimum Gasteiger partial charge on any atom is -0.319 e. The van der Waals surface area contributed by atoms with E-state index >= 15 is 0 Å². The molecular formula is C12H16N2O4S2. The van der Waals surface area contributed by atoms with Crippen molar-refractivity contribution in [3.8, 4) is 0 Å². The van der Waals surface area contributed by atoms with Crippen LogP contribution in [0.4, 0.5) is 0 Å². The van der Waals surface area contributed by atoms with Crippen LogP contribution in [0.15, 0.2) is 23.0 Å². The molecule has 1 aliphatic heterocycles. The van der Waals surface area contributed by atoms with E-state index in [1.165, 1.54) is 34.9 Å². The van der Waals surface area contributed by atoms with Gasteiger partial charge in [-0.1, -0.05) is 13.0 Å². The second-order valence-corrected chi connectivity index (χ2v) is 8.01. The number of carbonyl (C=O) groups excluding carboxylic acids is 1. The zero-order valence-corrected chi connectivity index (χ0v) is 12.7. The molecule has 6 nitrogen and oxygen atoms in total. The van der Waals surface area contributed by atoms with Crippen molar-refractivity contribution in [1.29, 1.82) is 0 Å². The molecule has 1 unspecified atom stereocenters. The van der Waals surface area contributed by atoms with E-state index in [1.54, 1.807) is 6.92 Å². The molecule has 1 saturated heterocycles. The highest BCUT2D eigenvalue weighted by Gasteiger charge is 2.36. The second kappa shape index (κ2) is 6.01. The van der Waals surface area contributed by atoms with Gasteiger partial charge < -0.3 is 9.88 Å². The third kappa shape index (κ3) is 3.06. The molecule has 0 bridgehead atoms. The Hall–Kier alpha value is -1.28. The van der Waals surface area contributed by atoms with E-state index in [2.05, 4.69) is 4.98 Å². The summed E-state index contributed by atoms with van der Waals surface area (Å²) in [4.78, 5) is 27.5. The number of sulfone groups is 1. The number of hydrogen-bond acceptors (Lipinski definition) is 5. The van der Waals surface area contributed by atoms with Crippen molar-refractivity contribution in [2.45, 2.75) is 12.3 Å². The molecule has 20 heavy (non-hydrogen) atoms. The topological polar surface area (TPSA) is 87.3 Å². The molecule has 1 aromatic heterocycles. The Morgan fingerprint density at radius 1 is 1.50 bits per heavy atom. The maximum Gasteiger partial charge on any atom is 0.271 e. The minimum absolute atomic E-state index is 0.00663. The molecular weight excluding hydrogens is 300 g/mol. The SMILES string of the molecule is CCS(=O)(=O)C1CSCCN1C(=O)c1cccc(=O)[nH]1. The van der Waals surface area contributed by atoms with E-state index in [0.717, 1.165) is 0 Å². The van der Waals surface area contributed by atoms with Crippen LogP contribution in [0, 0.1) is 0 Å². The van der Waals surface area contributed by atoms with Gasteiger partial charge in [0.25, 0.3) is 5.91 Å². The van der Waals surface area contributed by atoms with Gasteiger partial charge in [0, 0.05) is 29.9 Å². The Morgan fingerprint density at radius 2 is 2.25 bits per heavy atom. The predicted octanol–water partition coefficient (Wildman–Crippen LogP) is 0.325. The average molecular weight is 316 g/mol. The molecule has 1 atom stereocenters. The van der Waals surface area contributed by atoms with Gasteiger partial charge in [0.1, 0.15) is 11.1 Å². The van der Waals surface area contributed by atoms with E-state index < -0.39 is 21.1 Å². The van der Waals surface area contributed by atoms with Crippen molar-refractivity contribution in [2.75, 3.05) is 23.8 Å². The van der Waals surface area contributed by atoms with E-state index in [0.29, 0.717) is 18.1 Å². The van der Waals surface area contributed by atoms with Crippen molar-refractivity contribution in [3.63, 3.8) is 0 Å². The molecule has 0 aromatic carbocycles. The fourth-order valence-electron chi connectivity index (χ4n) is 2.03. The number of aromatic amines is 1. The Kier molecular flexibility index (Phi) is 4.54. The quantitative estimate of drug-likeness (QED) is 0.868. The number of rotatable bonds is 3. The summed E-state index contributed by atoms with van der Waals surface area (Å²) in [6.45, 7) is 1.94. The van der Waals surface area contributed by atoms with Crippen LogP contribution in [0.2, 0.25) is 0 Å².